The molecule has 282 valence electrons. The predicted octanol–water partition coefficient (Wildman–Crippen LogP) is -2.88. The largest absolute Gasteiger partial charge is 0.370 e. The fourth-order valence-corrected chi connectivity index (χ4v) is 5.23. The van der Waals surface area contributed by atoms with Gasteiger partial charge in [-0.1, -0.05) is 24.3 Å². The highest BCUT2D eigenvalue weighted by Crippen LogP contribution is 2.25. The Bertz CT molecular complexity index is 1600. The number of hydrogen-bond acceptors (Lipinski definition) is 10. The van der Waals surface area contributed by atoms with E-state index in [0.717, 1.165) is 11.8 Å². The molecule has 1 fully saturated rings. The van der Waals surface area contributed by atoms with Gasteiger partial charge in [-0.15, -0.1) is 0 Å². The summed E-state index contributed by atoms with van der Waals surface area (Å²) in [6.07, 6.45) is 5.47. The van der Waals surface area contributed by atoms with Gasteiger partial charge in [-0.05, 0) is 73.6 Å². The number of thioether (sulfide) groups is 1. The molecule has 0 bridgehead atoms. The third-order valence-electron chi connectivity index (χ3n) is 7.07. The molecule has 21 heteroatoms. The minimum Gasteiger partial charge on any atom is -0.370 e. The summed E-state index contributed by atoms with van der Waals surface area (Å²) in [6.45, 7) is 0.509. The molecule has 0 saturated carbocycles. The van der Waals surface area contributed by atoms with Crippen LogP contribution in [-0.2, 0) is 24.0 Å². The lowest BCUT2D eigenvalue weighted by molar-refractivity contribution is -0.133. The summed E-state index contributed by atoms with van der Waals surface area (Å²) in [7, 11) is 0. The Hall–Kier alpha value is -6.12. The van der Waals surface area contributed by atoms with E-state index >= 15 is 0 Å². The molecular weight excluding hydrogens is 696 g/mol. The second kappa shape index (κ2) is 21.9. The second-order valence-corrected chi connectivity index (χ2v) is 12.3. The summed E-state index contributed by atoms with van der Waals surface area (Å²) >= 11 is 0.798. The Morgan fingerprint density at radius 1 is 0.673 bits per heavy atom. The van der Waals surface area contributed by atoms with E-state index in [1.807, 2.05) is 0 Å². The van der Waals surface area contributed by atoms with Crippen LogP contribution in [0.2, 0.25) is 0 Å². The molecule has 1 aromatic carbocycles. The molecule has 1 heterocycles. The van der Waals surface area contributed by atoms with Crippen LogP contribution in [0, 0.1) is 0 Å². The Kier molecular flexibility index (Phi) is 17.7. The molecule has 1 aliphatic rings. The van der Waals surface area contributed by atoms with E-state index in [9.17, 15) is 28.8 Å². The monoisotopic (exact) mass is 742 g/mol. The average molecular weight is 743 g/mol. The van der Waals surface area contributed by atoms with Gasteiger partial charge in [0.2, 0.25) is 23.6 Å². The molecule has 18 N–H and O–H groups in total. The minimum atomic E-state index is -1.17. The molecule has 3 atom stereocenters. The van der Waals surface area contributed by atoms with Crippen molar-refractivity contribution in [2.75, 3.05) is 19.6 Å². The zero-order valence-corrected chi connectivity index (χ0v) is 29.2. The Morgan fingerprint density at radius 2 is 1.12 bits per heavy atom. The molecule has 20 nitrogen and oxygen atoms in total. The zero-order chi connectivity index (χ0) is 38.6. The van der Waals surface area contributed by atoms with Crippen molar-refractivity contribution in [3.05, 3.63) is 46.4 Å². The van der Waals surface area contributed by atoms with E-state index in [0.29, 0.717) is 24.0 Å². The van der Waals surface area contributed by atoms with Gasteiger partial charge in [-0.2, -0.15) is 0 Å². The van der Waals surface area contributed by atoms with Gasteiger partial charge in [0, 0.05) is 25.7 Å². The lowest BCUT2D eigenvalue weighted by atomic mass is 10.1. The number of carbonyl (C=O) groups excluding carboxylic acids is 6. The number of carbonyl (C=O) groups is 6. The highest BCUT2D eigenvalue weighted by atomic mass is 32.2. The van der Waals surface area contributed by atoms with Crippen LogP contribution in [0.4, 0.5) is 4.79 Å². The topological polar surface area (TPSA) is 370 Å². The van der Waals surface area contributed by atoms with Crippen molar-refractivity contribution < 1.29 is 28.8 Å². The number of benzene rings is 1. The van der Waals surface area contributed by atoms with Crippen LogP contribution in [0.5, 0.6) is 0 Å². The number of nitrogens with one attached hydrogen (secondary N) is 4. The summed E-state index contributed by atoms with van der Waals surface area (Å²) in [4.78, 5) is 87.2. The maximum absolute atomic E-state index is 13.6. The average Bonchev–Trinajstić information content (AvgIpc) is 3.39. The number of nitrogens with zero attached hydrogens (tertiary/aromatic N) is 3. The van der Waals surface area contributed by atoms with E-state index < -0.39 is 52.9 Å². The van der Waals surface area contributed by atoms with Gasteiger partial charge >= 0.3 is 0 Å². The summed E-state index contributed by atoms with van der Waals surface area (Å²) in [5.74, 6) is -3.71. The number of primary amides is 1. The van der Waals surface area contributed by atoms with Gasteiger partial charge in [0.25, 0.3) is 11.1 Å². The molecule has 6 amide bonds. The lowest BCUT2D eigenvalue weighted by Crippen LogP contribution is -2.56. The first-order valence-electron chi connectivity index (χ1n) is 16.0. The fourth-order valence-electron chi connectivity index (χ4n) is 4.55. The van der Waals surface area contributed by atoms with Gasteiger partial charge in [0.05, 0.1) is 4.91 Å². The Labute approximate surface area is 304 Å². The maximum atomic E-state index is 13.6. The Morgan fingerprint density at radius 3 is 1.56 bits per heavy atom. The van der Waals surface area contributed by atoms with E-state index in [1.165, 1.54) is 12.2 Å². The first-order chi connectivity index (χ1) is 24.6. The summed E-state index contributed by atoms with van der Waals surface area (Å²) in [6, 6.07) is 3.40. The summed E-state index contributed by atoms with van der Waals surface area (Å²) < 4.78 is 0. The normalized spacial score (nSPS) is 14.8. The second-order valence-electron chi connectivity index (χ2n) is 11.3. The van der Waals surface area contributed by atoms with Crippen LogP contribution in [0.15, 0.2) is 50.2 Å². The molecule has 2 rings (SSSR count). The van der Waals surface area contributed by atoms with Crippen LogP contribution in [-0.4, -0.2) is 90.4 Å². The molecule has 52 heavy (non-hydrogen) atoms. The van der Waals surface area contributed by atoms with Gasteiger partial charge in [-0.3, -0.25) is 49.1 Å². The van der Waals surface area contributed by atoms with Gasteiger partial charge in [0.15, 0.2) is 17.9 Å². The summed E-state index contributed by atoms with van der Waals surface area (Å²) in [5, 5.41) is 9.59. The van der Waals surface area contributed by atoms with Crippen molar-refractivity contribution in [2.24, 2.45) is 55.1 Å². The lowest BCUT2D eigenvalue weighted by Gasteiger charge is -2.24. The minimum absolute atomic E-state index is 0.0642. The van der Waals surface area contributed by atoms with E-state index in [2.05, 4.69) is 36.2 Å². The van der Waals surface area contributed by atoms with Crippen molar-refractivity contribution in [1.82, 2.24) is 21.3 Å². The van der Waals surface area contributed by atoms with Crippen molar-refractivity contribution in [2.45, 2.75) is 56.7 Å². The number of amides is 6. The highest BCUT2D eigenvalue weighted by Gasteiger charge is 2.29. The van der Waals surface area contributed by atoms with Crippen molar-refractivity contribution in [1.29, 1.82) is 0 Å². The van der Waals surface area contributed by atoms with E-state index in [1.54, 1.807) is 30.3 Å². The molecule has 0 aromatic heterocycles. The van der Waals surface area contributed by atoms with Crippen LogP contribution < -0.4 is 61.4 Å². The third-order valence-corrected chi connectivity index (χ3v) is 7.88. The predicted molar refractivity (Wildman–Crippen MR) is 199 cm³/mol. The van der Waals surface area contributed by atoms with Gasteiger partial charge < -0.3 is 56.1 Å². The standard InChI is InChI=1S/C31H46N14O6S/c32-24(47)19(4-1-13-39-28(33)34)43-26(49)21(6-3-15-41-30(37)38)44-25(48)20(5-2-14-40-29(35)36)42-23(46)12-11-17-7-9-18(10-8-17)16-22-27(50)45-31(51)52-22/h7-12,16,19-21H,1-6,13-15H2,(H2,32,47)(H,42,46)(H,43,49)(H,44,48)(H4,33,34,39)(H4,35,36,40)(H4,37,38,41)(H,45,50,51)/b12-11+,22-16-/t19-,20-,21-/m0/s1. The number of nitrogens with two attached hydrogens (primary N) is 7. The van der Waals surface area contributed by atoms with Crippen molar-refractivity contribution >= 4 is 76.6 Å². The molecule has 1 saturated heterocycles. The van der Waals surface area contributed by atoms with Gasteiger partial charge in [-0.25, -0.2) is 0 Å². The van der Waals surface area contributed by atoms with Gasteiger partial charge in [0.1, 0.15) is 18.1 Å². The molecule has 0 aliphatic carbocycles. The number of rotatable bonds is 21. The number of hydrogen-bond donors (Lipinski definition) is 11. The fraction of sp³-hybridized carbons (Fsp3) is 0.387. The first kappa shape index (κ1) is 42.0. The van der Waals surface area contributed by atoms with Crippen molar-refractivity contribution in [3.63, 3.8) is 0 Å². The van der Waals surface area contributed by atoms with Crippen molar-refractivity contribution in [3.8, 4) is 0 Å². The highest BCUT2D eigenvalue weighted by molar-refractivity contribution is 8.18. The number of imide groups is 1. The third kappa shape index (κ3) is 16.5. The van der Waals surface area contributed by atoms with Crippen LogP contribution in [0.25, 0.3) is 12.2 Å². The smallest absolute Gasteiger partial charge is 0.290 e. The molecule has 1 aromatic rings. The van der Waals surface area contributed by atoms with E-state index in [4.69, 9.17) is 40.1 Å². The van der Waals surface area contributed by atoms with Crippen LogP contribution in [0.3, 0.4) is 0 Å². The first-order valence-corrected chi connectivity index (χ1v) is 16.9. The molecule has 0 spiro atoms. The van der Waals surface area contributed by atoms with E-state index in [-0.39, 0.29) is 68.1 Å². The molecule has 0 radical (unpaired) electrons. The molecular formula is C31H46N14O6S. The zero-order valence-electron chi connectivity index (χ0n) is 28.4. The number of aliphatic imine (C=N–C) groups is 3. The summed E-state index contributed by atoms with van der Waals surface area (Å²) in [5.41, 5.74) is 39.1. The maximum Gasteiger partial charge on any atom is 0.290 e. The Balaban J connectivity index is 2.19. The SMILES string of the molecule is NC(=O)[C@H](CCCN=C(N)N)NC(=O)[C@H](CCCN=C(N)N)NC(=O)[C@H](CCCN=C(N)N)NC(=O)/C=C/c1ccc(/C=C2\SC(=O)NC2=O)cc1. The quantitative estimate of drug-likeness (QED) is 0.0261. The number of guanidine groups is 3. The molecule has 1 aliphatic heterocycles. The van der Waals surface area contributed by atoms with Crippen LogP contribution in [0.1, 0.15) is 49.7 Å². The molecule has 0 unspecified atom stereocenters. The van der Waals surface area contributed by atoms with Crippen LogP contribution >= 0.6 is 11.8 Å².